The van der Waals surface area contributed by atoms with E-state index in [9.17, 15) is 38.9 Å². The van der Waals surface area contributed by atoms with Crippen LogP contribution in [0.15, 0.2) is 162 Å². The molecule has 24 heteroatoms. The summed E-state index contributed by atoms with van der Waals surface area (Å²) < 4.78 is 35.2. The molecule has 0 atom stereocenters. The quantitative estimate of drug-likeness (QED) is 0.0237. The van der Waals surface area contributed by atoms with Crippen molar-refractivity contribution in [2.75, 3.05) is 18.9 Å². The van der Waals surface area contributed by atoms with E-state index in [0.29, 0.717) is 46.8 Å². The molecule has 5 heterocycles. The molecule has 22 nitrogen and oxygen atoms in total. The third-order valence-corrected chi connectivity index (χ3v) is 21.3. The van der Waals surface area contributed by atoms with Gasteiger partial charge in [-0.2, -0.15) is 0 Å². The molecule has 0 fully saturated rings. The van der Waals surface area contributed by atoms with E-state index in [4.69, 9.17) is 39.6 Å². The number of aryl methyl sites for hydroxylation is 3. The third-order valence-electron chi connectivity index (χ3n) is 17.9. The summed E-state index contributed by atoms with van der Waals surface area (Å²) in [6.07, 6.45) is 15.8. The zero-order valence-electron chi connectivity index (χ0n) is 67.5. The molecule has 590 valence electrons. The minimum atomic E-state index is -1.34. The number of benzene rings is 5. The summed E-state index contributed by atoms with van der Waals surface area (Å²) in [5, 5.41) is 31.9. The summed E-state index contributed by atoms with van der Waals surface area (Å²) >= 11 is 0. The molecule has 0 radical (unpaired) electrons. The van der Waals surface area contributed by atoms with Crippen LogP contribution in [0.1, 0.15) is 138 Å². The molecule has 0 saturated heterocycles. The van der Waals surface area contributed by atoms with Gasteiger partial charge in [-0.1, -0.05) is 121 Å². The molecular weight excluding hydrogens is 1440 g/mol. The fourth-order valence-corrected chi connectivity index (χ4v) is 13.6. The molecule has 0 spiro atoms. The van der Waals surface area contributed by atoms with Gasteiger partial charge in [0.2, 0.25) is 0 Å². The van der Waals surface area contributed by atoms with Crippen LogP contribution in [0.2, 0.25) is 51.4 Å². The Morgan fingerprint density at radius 2 is 0.946 bits per heavy atom. The van der Waals surface area contributed by atoms with Crippen LogP contribution in [0.5, 0.6) is 0 Å². The van der Waals surface area contributed by atoms with E-state index >= 15 is 0 Å². The standard InChI is InChI=1S/C26H35N3O6Si.C26H37N3O4Si.C15H19NO2.C10H8O2.C10H10O/c1-8-18-9-10-22-19(13-18)14-23(28(22)25(31)35-26(2,3)4)21-15-20(29(32)33)16-27(24(21)30)17-34-11-12-36(5,6)7;1-8-18-9-10-22-19(13-18)14-23(29(22)25(31)33-26(2,3)4)21-15-20(27)16-28(24(21)30)17-32-11-12-34(5,6)7;1-5-11-6-7-13-12(10-11)8-9-16(13)14(17)18-15(2,3)4;11-10(12)9-5-4-7-2-1-3-8(7)6-9;11-7-8-4-5-9-2-1-3-10(9)6-8/h9-10,13-16H,8,11-12,17H2,1-7H3;9-10,13-16H,8,11-12,17,27H2,1-7H3;6-10H,5H2,1-4H3;1,3-6H,2H2,(H,11,12);1,3-6,11H,2,7H2. The third kappa shape index (κ3) is 24.0. The van der Waals surface area contributed by atoms with Crippen LogP contribution < -0.4 is 16.9 Å². The number of nitrogen functional groups attached to an aromatic ring is 1. The molecule has 0 amide bonds. The first-order chi connectivity index (χ1) is 52.1. The lowest BCUT2D eigenvalue weighted by atomic mass is 10.1. The van der Waals surface area contributed by atoms with Crippen LogP contribution in [-0.4, -0.2) is 108 Å². The monoisotopic (exact) mass is 1550 g/mol. The first-order valence-corrected chi connectivity index (χ1v) is 45.0. The van der Waals surface area contributed by atoms with Gasteiger partial charge in [-0.25, -0.2) is 28.3 Å². The SMILES string of the molecule is CCc1ccc2c(c1)cc(-c1cc(N)cn(COCC[Si](C)(C)C)c1=O)n2C(=O)OC(C)(C)C.CCc1ccc2c(c1)cc(-c1cc([N+](=O)[O-])cn(COCC[Si](C)(C)C)c1=O)n2C(=O)OC(C)(C)C.CCc1ccc2c(ccn2C(=O)OC(C)(C)C)c1.O=C(O)c1ccc2c(c1)C=CC2.OCc1ccc2c(c1)C=CC2. The number of carboxylic acids is 1. The second-order valence-electron chi connectivity index (χ2n) is 33.0. The Kier molecular flexibility index (Phi) is 28.4. The number of hydrogen-bond acceptors (Lipinski definition) is 15. The molecule has 0 saturated carbocycles. The summed E-state index contributed by atoms with van der Waals surface area (Å²) in [5.41, 5.74) is 16.5. The maximum absolute atomic E-state index is 13.5. The molecule has 0 bridgehead atoms. The predicted molar refractivity (Wildman–Crippen MR) is 449 cm³/mol. The number of aromatic carboxylic acids is 1. The molecular formula is C87H109N7O15Si2. The lowest BCUT2D eigenvalue weighted by Crippen LogP contribution is -2.29. The van der Waals surface area contributed by atoms with Crippen molar-refractivity contribution in [2.24, 2.45) is 0 Å². The van der Waals surface area contributed by atoms with Gasteiger partial charge in [0.1, 0.15) is 30.3 Å². The minimum absolute atomic E-state index is 0.0260. The Labute approximate surface area is 651 Å². The van der Waals surface area contributed by atoms with E-state index in [1.807, 2.05) is 133 Å². The van der Waals surface area contributed by atoms with Crippen molar-refractivity contribution >= 4 is 96.6 Å². The molecule has 4 N–H and O–H groups in total. The van der Waals surface area contributed by atoms with Crippen LogP contribution in [0.4, 0.5) is 25.8 Å². The number of carboxylic acid groups (broad SMARTS) is 1. The largest absolute Gasteiger partial charge is 0.478 e. The summed E-state index contributed by atoms with van der Waals surface area (Å²) in [7, 11) is -2.59. The van der Waals surface area contributed by atoms with E-state index in [0.717, 1.165) is 88.1 Å². The average Bonchev–Trinajstić information content (AvgIpc) is 1.61. The number of allylic oxidation sites excluding steroid dienone is 2. The molecule has 5 aromatic carbocycles. The molecule has 2 aliphatic rings. The number of pyridine rings is 2. The molecule has 111 heavy (non-hydrogen) atoms. The van der Waals surface area contributed by atoms with Crippen molar-refractivity contribution in [2.45, 2.75) is 203 Å². The zero-order chi connectivity index (χ0) is 81.7. The number of aliphatic hydroxyl groups excluding tert-OH is 1. The lowest BCUT2D eigenvalue weighted by molar-refractivity contribution is -0.385. The minimum Gasteiger partial charge on any atom is -0.478 e. The molecule has 12 rings (SSSR count). The highest BCUT2D eigenvalue weighted by atomic mass is 28.3. The van der Waals surface area contributed by atoms with E-state index < -0.39 is 61.6 Å². The highest BCUT2D eigenvalue weighted by molar-refractivity contribution is 6.76. The van der Waals surface area contributed by atoms with Gasteiger partial charge in [-0.05, 0) is 230 Å². The molecule has 0 unspecified atom stereocenters. The van der Waals surface area contributed by atoms with E-state index in [1.165, 1.54) is 52.8 Å². The number of carbonyl (C=O) groups is 4. The topological polar surface area (TPSA) is 283 Å². The van der Waals surface area contributed by atoms with Gasteiger partial charge in [-0.3, -0.25) is 33.4 Å². The predicted octanol–water partition coefficient (Wildman–Crippen LogP) is 19.4. The second kappa shape index (κ2) is 36.6. The normalized spacial score (nSPS) is 12.4. The number of anilines is 1. The van der Waals surface area contributed by atoms with E-state index in [-0.39, 0.29) is 48.7 Å². The van der Waals surface area contributed by atoms with Crippen LogP contribution in [0.25, 0.3) is 67.4 Å². The number of carbonyl (C=O) groups excluding carboxylic acids is 3. The van der Waals surface area contributed by atoms with Crippen molar-refractivity contribution in [3.8, 4) is 22.5 Å². The van der Waals surface area contributed by atoms with Gasteiger partial charge in [0.15, 0.2) is 0 Å². The highest BCUT2D eigenvalue weighted by Crippen LogP contribution is 2.33. The van der Waals surface area contributed by atoms with Gasteiger partial charge >= 0.3 is 24.2 Å². The van der Waals surface area contributed by atoms with Crippen molar-refractivity contribution in [3.05, 3.63) is 233 Å². The van der Waals surface area contributed by atoms with Crippen molar-refractivity contribution < 1.29 is 58.0 Å². The van der Waals surface area contributed by atoms with Gasteiger partial charge in [-0.15, -0.1) is 0 Å². The van der Waals surface area contributed by atoms with Crippen LogP contribution >= 0.6 is 0 Å². The molecule has 0 aliphatic heterocycles. The lowest BCUT2D eigenvalue weighted by Gasteiger charge is -2.21. The Balaban J connectivity index is 0.000000187. The Morgan fingerprint density at radius 3 is 1.39 bits per heavy atom. The number of fused-ring (bicyclic) bond motifs is 5. The molecule has 2 aliphatic carbocycles. The average molecular weight is 1550 g/mol. The molecule has 5 aromatic heterocycles. The number of ether oxygens (including phenoxy) is 5. The van der Waals surface area contributed by atoms with Crippen molar-refractivity contribution in [3.63, 3.8) is 0 Å². The van der Waals surface area contributed by atoms with Crippen molar-refractivity contribution in [1.29, 1.82) is 0 Å². The maximum atomic E-state index is 13.5. The summed E-state index contributed by atoms with van der Waals surface area (Å²) in [5.74, 6) is -0.863. The van der Waals surface area contributed by atoms with Gasteiger partial charge in [0, 0.05) is 69.7 Å². The smallest absolute Gasteiger partial charge is 0.419 e. The first-order valence-electron chi connectivity index (χ1n) is 37.6. The van der Waals surface area contributed by atoms with Gasteiger partial charge in [0.05, 0.1) is 62.4 Å². The Morgan fingerprint density at radius 1 is 0.523 bits per heavy atom. The summed E-state index contributed by atoms with van der Waals surface area (Å²) in [6, 6.07) is 39.2. The number of aromatic nitrogens is 5. The Hall–Kier alpha value is -10.5. The Bertz CT molecular complexity index is 5230. The van der Waals surface area contributed by atoms with Gasteiger partial charge in [0.25, 0.3) is 16.8 Å². The van der Waals surface area contributed by atoms with Crippen molar-refractivity contribution in [1.82, 2.24) is 22.8 Å². The first kappa shape index (κ1) is 86.1. The number of rotatable bonds is 18. The summed E-state index contributed by atoms with van der Waals surface area (Å²) in [4.78, 5) is 87.3. The van der Waals surface area contributed by atoms with Crippen LogP contribution in [0.3, 0.4) is 0 Å². The summed E-state index contributed by atoms with van der Waals surface area (Å²) in [6.45, 7) is 37.2. The second-order valence-corrected chi connectivity index (χ2v) is 44.3. The van der Waals surface area contributed by atoms with E-state index in [1.54, 1.807) is 68.1 Å². The fraction of sp³-hybridized carbons (Fsp3) is 0.379. The number of nitro groups is 1. The zero-order valence-corrected chi connectivity index (χ0v) is 69.5. The van der Waals surface area contributed by atoms with Crippen LogP contribution in [0, 0.1) is 10.1 Å². The number of aliphatic hydroxyl groups is 1. The van der Waals surface area contributed by atoms with Gasteiger partial charge < -0.3 is 39.6 Å². The maximum Gasteiger partial charge on any atom is 0.419 e. The number of hydrogen-bond donors (Lipinski definition) is 3. The van der Waals surface area contributed by atoms with E-state index in [2.05, 4.69) is 77.4 Å². The highest BCUT2D eigenvalue weighted by Gasteiger charge is 2.29. The molecule has 10 aromatic rings. The number of nitrogens with zero attached hydrogens (tertiary/aromatic N) is 6. The number of nitrogens with two attached hydrogens (primary N) is 1. The van der Waals surface area contributed by atoms with Crippen LogP contribution in [-0.2, 0) is 75.9 Å². The fourth-order valence-electron chi connectivity index (χ4n) is 12.1.